The highest BCUT2D eigenvalue weighted by Gasteiger charge is 2.61. The van der Waals surface area contributed by atoms with E-state index < -0.39 is 72.1 Å². The van der Waals surface area contributed by atoms with Crippen molar-refractivity contribution in [2.75, 3.05) is 13.2 Å². The van der Waals surface area contributed by atoms with Gasteiger partial charge in [-0.05, 0) is 58.2 Å². The normalized spacial score (nSPS) is 32.1. The average Bonchev–Trinajstić information content (AvgIpc) is 3.69. The summed E-state index contributed by atoms with van der Waals surface area (Å²) in [7, 11) is 0. The van der Waals surface area contributed by atoms with E-state index in [1.165, 1.54) is 11.8 Å². The maximum absolute atomic E-state index is 13.0. The minimum Gasteiger partial charge on any atom is -0.374 e. The highest BCUT2D eigenvalue weighted by atomic mass is 32.2. The van der Waals surface area contributed by atoms with Crippen molar-refractivity contribution in [1.29, 1.82) is 0 Å². The first-order chi connectivity index (χ1) is 27.0. The van der Waals surface area contributed by atoms with E-state index in [2.05, 4.69) is 0 Å². The van der Waals surface area contributed by atoms with Gasteiger partial charge in [-0.1, -0.05) is 97.1 Å². The van der Waals surface area contributed by atoms with Crippen molar-refractivity contribution in [3.8, 4) is 0 Å². The van der Waals surface area contributed by atoms with Crippen LogP contribution in [0.4, 0.5) is 0 Å². The number of hydrogen-bond donors (Lipinski definition) is 0. The number of rotatable bonds is 16. The fourth-order valence-corrected chi connectivity index (χ4v) is 8.80. The molecule has 0 aliphatic carbocycles. The molecule has 0 aromatic heterocycles. The van der Waals surface area contributed by atoms with E-state index in [0.717, 1.165) is 16.7 Å². The Labute approximate surface area is 334 Å². The number of carbonyl (C=O) groups excluding carboxylic acids is 1. The van der Waals surface area contributed by atoms with Gasteiger partial charge in [0, 0.05) is 4.91 Å². The fourth-order valence-electron chi connectivity index (χ4n) is 7.58. The molecule has 0 saturated carbocycles. The van der Waals surface area contributed by atoms with Crippen molar-refractivity contribution in [2.45, 2.75) is 133 Å². The molecule has 4 fully saturated rings. The van der Waals surface area contributed by atoms with Gasteiger partial charge in [-0.15, -0.1) is 11.8 Å². The number of fused-ring (bicyclic) bond motifs is 3. The van der Waals surface area contributed by atoms with Gasteiger partial charge in [0.1, 0.15) is 42.7 Å². The van der Waals surface area contributed by atoms with Crippen LogP contribution in [0.3, 0.4) is 0 Å². The molecule has 302 valence electrons. The van der Waals surface area contributed by atoms with Crippen LogP contribution in [0.15, 0.2) is 102 Å². The number of ether oxygens (including phenoxy) is 10. The van der Waals surface area contributed by atoms with Crippen LogP contribution in [-0.2, 0) is 72.0 Å². The topological polar surface area (TPSA) is 109 Å². The van der Waals surface area contributed by atoms with Crippen molar-refractivity contribution >= 4 is 17.5 Å². The number of benzene rings is 3. The van der Waals surface area contributed by atoms with Gasteiger partial charge in [0.15, 0.2) is 29.9 Å². The molecule has 3 aromatic carbocycles. The summed E-state index contributed by atoms with van der Waals surface area (Å²) in [5.41, 5.74) is 3.03. The van der Waals surface area contributed by atoms with Crippen LogP contribution in [0.5, 0.6) is 0 Å². The predicted octanol–water partition coefficient (Wildman–Crippen LogP) is 7.11. The van der Waals surface area contributed by atoms with E-state index in [1.54, 1.807) is 6.92 Å². The Morgan fingerprint density at radius 3 is 1.77 bits per heavy atom. The van der Waals surface area contributed by atoms with E-state index in [4.69, 9.17) is 47.4 Å². The number of allylic oxidation sites excluding steroid dienone is 2. The van der Waals surface area contributed by atoms with Crippen molar-refractivity contribution in [3.05, 3.63) is 119 Å². The summed E-state index contributed by atoms with van der Waals surface area (Å²) >= 11 is 1.37. The Kier molecular flexibility index (Phi) is 13.5. The van der Waals surface area contributed by atoms with E-state index >= 15 is 0 Å². The lowest BCUT2D eigenvalue weighted by Crippen LogP contribution is -2.61. The van der Waals surface area contributed by atoms with Gasteiger partial charge in [-0.3, -0.25) is 4.79 Å². The standard InChI is InChI=1S/C44H54O11S/c1-7-34(28(2)45)56-40-38(48-25-31-21-15-10-16-22-31)35(47-24-30-19-13-9-14-20-30)32(26-46-23-29-17-11-8-12-18-29)51-42(40)49-27-33-36-37(53-43(3,4)52-36)39-41(50-33)55-44(5,6)54-39/h7-22,32-33,35-42H,23-27H2,1-6H3/b34-7-/t32-,33-,35-,36+,37+,38+,39-,40-,41-,42-/m1/s1. The maximum Gasteiger partial charge on any atom is 0.190 e. The van der Waals surface area contributed by atoms with Gasteiger partial charge < -0.3 is 47.4 Å². The van der Waals surface area contributed by atoms with Crippen LogP contribution in [0.2, 0.25) is 0 Å². The van der Waals surface area contributed by atoms with E-state index in [0.29, 0.717) is 24.7 Å². The number of Topliss-reactive ketones (excluding diaryl/α,β-unsaturated/α-hetero) is 1. The SMILES string of the molecule is C/C=C(\S[C@H]1[C@H](OC[C@H]2O[C@@H]3OC(C)(C)O[C@@H]3[C@H]3OC(C)(C)O[C@H]32)O[C@H](COCc2ccccc2)[C@@H](OCc2ccccc2)[C@@H]1OCc1ccccc1)C(C)=O. The molecule has 0 spiro atoms. The molecule has 0 amide bonds. The molecule has 4 heterocycles. The lowest BCUT2D eigenvalue weighted by molar-refractivity contribution is -0.293. The summed E-state index contributed by atoms with van der Waals surface area (Å²) in [5, 5.41) is -0.547. The van der Waals surface area contributed by atoms with Gasteiger partial charge in [0.2, 0.25) is 0 Å². The van der Waals surface area contributed by atoms with Gasteiger partial charge >= 0.3 is 0 Å². The molecule has 7 rings (SSSR count). The third-order valence-corrected chi connectivity index (χ3v) is 11.6. The first-order valence-corrected chi connectivity index (χ1v) is 20.3. The summed E-state index contributed by atoms with van der Waals surface area (Å²) in [6, 6.07) is 30.0. The van der Waals surface area contributed by atoms with Gasteiger partial charge in [0.25, 0.3) is 0 Å². The van der Waals surface area contributed by atoms with E-state index in [1.807, 2.05) is 132 Å². The summed E-state index contributed by atoms with van der Waals surface area (Å²) in [6.07, 6.45) is -3.59. The largest absolute Gasteiger partial charge is 0.374 e. The molecular weight excluding hydrogens is 737 g/mol. The minimum absolute atomic E-state index is 0.0686. The number of thioether (sulfide) groups is 1. The highest BCUT2D eigenvalue weighted by molar-refractivity contribution is 8.04. The van der Waals surface area contributed by atoms with Gasteiger partial charge in [-0.25, -0.2) is 0 Å². The van der Waals surface area contributed by atoms with Crippen LogP contribution in [0.25, 0.3) is 0 Å². The molecule has 0 N–H and O–H groups in total. The summed E-state index contributed by atoms with van der Waals surface area (Å²) < 4.78 is 65.4. The third-order valence-electron chi connectivity index (χ3n) is 10.1. The molecule has 56 heavy (non-hydrogen) atoms. The van der Waals surface area contributed by atoms with Crippen LogP contribution in [-0.4, -0.2) is 91.1 Å². The lowest BCUT2D eigenvalue weighted by atomic mass is 9.99. The monoisotopic (exact) mass is 790 g/mol. The number of hydrogen-bond acceptors (Lipinski definition) is 12. The Balaban J connectivity index is 1.20. The van der Waals surface area contributed by atoms with E-state index in [-0.39, 0.29) is 19.0 Å². The molecule has 10 atom stereocenters. The zero-order chi connectivity index (χ0) is 39.3. The Hall–Kier alpha value is -2.98. The van der Waals surface area contributed by atoms with Crippen molar-refractivity contribution in [2.24, 2.45) is 0 Å². The zero-order valence-electron chi connectivity index (χ0n) is 32.9. The van der Waals surface area contributed by atoms with Crippen LogP contribution >= 0.6 is 11.8 Å². The Morgan fingerprint density at radius 1 is 0.643 bits per heavy atom. The molecular formula is C44H54O11S. The number of carbonyl (C=O) groups is 1. The molecule has 11 nitrogen and oxygen atoms in total. The average molecular weight is 791 g/mol. The maximum atomic E-state index is 13.0. The summed E-state index contributed by atoms with van der Waals surface area (Å²) in [6.45, 7) is 12.1. The zero-order valence-corrected chi connectivity index (χ0v) is 33.8. The Morgan fingerprint density at radius 2 is 1.18 bits per heavy atom. The van der Waals surface area contributed by atoms with Crippen LogP contribution in [0.1, 0.15) is 58.2 Å². The van der Waals surface area contributed by atoms with Crippen molar-refractivity contribution in [3.63, 3.8) is 0 Å². The summed E-state index contributed by atoms with van der Waals surface area (Å²) in [5.74, 6) is -1.80. The van der Waals surface area contributed by atoms with Gasteiger partial charge in [-0.2, -0.15) is 0 Å². The second-order valence-electron chi connectivity index (χ2n) is 15.4. The number of ketones is 1. The van der Waals surface area contributed by atoms with Crippen LogP contribution in [0, 0.1) is 0 Å². The third kappa shape index (κ3) is 10.2. The quantitative estimate of drug-likeness (QED) is 0.138. The smallest absolute Gasteiger partial charge is 0.190 e. The van der Waals surface area contributed by atoms with Gasteiger partial charge in [0.05, 0.1) is 38.3 Å². The molecule has 12 heteroatoms. The molecule has 4 aliphatic rings. The van der Waals surface area contributed by atoms with Crippen LogP contribution < -0.4 is 0 Å². The molecule has 0 unspecified atom stereocenters. The summed E-state index contributed by atoms with van der Waals surface area (Å²) in [4.78, 5) is 13.5. The van der Waals surface area contributed by atoms with E-state index in [9.17, 15) is 4.79 Å². The molecule has 4 aliphatic heterocycles. The highest BCUT2D eigenvalue weighted by Crippen LogP contribution is 2.45. The molecule has 3 aromatic rings. The fraction of sp³-hybridized carbons (Fsp3) is 0.523. The second kappa shape index (κ2) is 18.3. The lowest BCUT2D eigenvalue weighted by Gasteiger charge is -2.46. The first kappa shape index (κ1) is 41.2. The molecule has 0 radical (unpaired) electrons. The predicted molar refractivity (Wildman–Crippen MR) is 209 cm³/mol. The van der Waals surface area contributed by atoms with Crippen molar-refractivity contribution in [1.82, 2.24) is 0 Å². The second-order valence-corrected chi connectivity index (χ2v) is 16.6. The molecule has 4 saturated heterocycles. The first-order valence-electron chi connectivity index (χ1n) is 19.4. The van der Waals surface area contributed by atoms with Crippen molar-refractivity contribution < 1.29 is 52.2 Å². The molecule has 0 bridgehead atoms. The minimum atomic E-state index is -0.885. The Bertz CT molecular complexity index is 1740.